The Morgan fingerprint density at radius 3 is 2.29 bits per heavy atom. The molecule has 0 atom stereocenters. The number of hydrogen-bond donors (Lipinski definition) is 0. The first-order chi connectivity index (χ1) is 11.5. The van der Waals surface area contributed by atoms with E-state index >= 15 is 0 Å². The van der Waals surface area contributed by atoms with Gasteiger partial charge in [0.05, 0.1) is 0 Å². The molecule has 3 rings (SSSR count). The van der Waals surface area contributed by atoms with Gasteiger partial charge in [0, 0.05) is 32.4 Å². The molecule has 1 aliphatic rings. The van der Waals surface area contributed by atoms with Crippen LogP contribution in [-0.2, 0) is 10.0 Å². The third-order valence-corrected chi connectivity index (χ3v) is 5.80. The van der Waals surface area contributed by atoms with E-state index in [1.807, 2.05) is 0 Å². The lowest BCUT2D eigenvalue weighted by Gasteiger charge is -2.33. The van der Waals surface area contributed by atoms with Gasteiger partial charge >= 0.3 is 0 Å². The van der Waals surface area contributed by atoms with Crippen LogP contribution in [0.15, 0.2) is 53.6 Å². The molecule has 1 fully saturated rings. The van der Waals surface area contributed by atoms with Crippen LogP contribution in [0.3, 0.4) is 0 Å². The van der Waals surface area contributed by atoms with Crippen LogP contribution in [0.2, 0.25) is 0 Å². The summed E-state index contributed by atoms with van der Waals surface area (Å²) in [6, 6.07) is 10.3. The molecule has 1 saturated heterocycles. The van der Waals surface area contributed by atoms with Crippen LogP contribution < -0.4 is 0 Å². The zero-order valence-corrected chi connectivity index (χ0v) is 13.6. The number of piperazine rings is 1. The van der Waals surface area contributed by atoms with Gasteiger partial charge < -0.3 is 4.90 Å². The van der Waals surface area contributed by atoms with E-state index in [0.717, 1.165) is 6.07 Å². The quantitative estimate of drug-likeness (QED) is 0.839. The zero-order valence-electron chi connectivity index (χ0n) is 12.8. The normalized spacial score (nSPS) is 16.1. The summed E-state index contributed by atoms with van der Waals surface area (Å²) in [5, 5.41) is 0. The molecule has 1 amide bonds. The maximum atomic E-state index is 13.8. The first-order valence-corrected chi connectivity index (χ1v) is 8.89. The lowest BCUT2D eigenvalue weighted by Crippen LogP contribution is -2.50. The van der Waals surface area contributed by atoms with Gasteiger partial charge in [-0.15, -0.1) is 0 Å². The number of carbonyl (C=O) groups is 1. The van der Waals surface area contributed by atoms with Gasteiger partial charge in [-0.3, -0.25) is 9.78 Å². The lowest BCUT2D eigenvalue weighted by atomic mass is 10.3. The fraction of sp³-hybridized carbons (Fsp3) is 0.250. The van der Waals surface area contributed by atoms with Crippen molar-refractivity contribution in [2.75, 3.05) is 26.2 Å². The minimum Gasteiger partial charge on any atom is -0.335 e. The highest BCUT2D eigenvalue weighted by atomic mass is 32.2. The summed E-state index contributed by atoms with van der Waals surface area (Å²) in [6.45, 7) is 0.719. The monoisotopic (exact) mass is 349 g/mol. The fourth-order valence-electron chi connectivity index (χ4n) is 2.58. The Morgan fingerprint density at radius 1 is 1.00 bits per heavy atom. The maximum absolute atomic E-state index is 13.8. The Hall–Kier alpha value is -2.32. The molecular formula is C16H16FN3O3S. The number of pyridine rings is 1. The van der Waals surface area contributed by atoms with Crippen molar-refractivity contribution in [1.82, 2.24) is 14.2 Å². The predicted octanol–water partition coefficient (Wildman–Crippen LogP) is 1.37. The first kappa shape index (κ1) is 16.5. The molecule has 0 radical (unpaired) electrons. The van der Waals surface area contributed by atoms with Crippen molar-refractivity contribution < 1.29 is 17.6 Å². The van der Waals surface area contributed by atoms with Gasteiger partial charge in [0.2, 0.25) is 10.0 Å². The average Bonchev–Trinajstić information content (AvgIpc) is 2.62. The second-order valence-corrected chi connectivity index (χ2v) is 7.25. The number of sulfonamides is 1. The Balaban J connectivity index is 1.71. The van der Waals surface area contributed by atoms with Gasteiger partial charge in [-0.2, -0.15) is 4.31 Å². The number of rotatable bonds is 3. The highest BCUT2D eigenvalue weighted by Gasteiger charge is 2.32. The summed E-state index contributed by atoms with van der Waals surface area (Å²) in [5.74, 6) is -1.01. The van der Waals surface area contributed by atoms with Crippen molar-refractivity contribution in [2.45, 2.75) is 4.90 Å². The Bertz CT molecular complexity index is 835. The van der Waals surface area contributed by atoms with Gasteiger partial charge in [0.15, 0.2) is 0 Å². The molecule has 8 heteroatoms. The third-order valence-electron chi connectivity index (χ3n) is 3.86. The van der Waals surface area contributed by atoms with Gasteiger partial charge in [-0.1, -0.05) is 18.2 Å². The van der Waals surface area contributed by atoms with Crippen LogP contribution in [0.1, 0.15) is 10.5 Å². The number of nitrogens with zero attached hydrogens (tertiary/aromatic N) is 3. The molecule has 2 heterocycles. The number of halogens is 1. The van der Waals surface area contributed by atoms with Crippen molar-refractivity contribution in [3.05, 3.63) is 60.2 Å². The molecule has 0 bridgehead atoms. The standard InChI is InChI=1S/C16H16FN3O3S/c17-13-5-1-2-7-15(13)24(22,23)20-11-9-19(10-12-20)16(21)14-6-3-4-8-18-14/h1-8H,9-12H2. The second kappa shape index (κ2) is 6.66. The van der Waals surface area contributed by atoms with E-state index in [9.17, 15) is 17.6 Å². The smallest absolute Gasteiger partial charge is 0.272 e. The van der Waals surface area contributed by atoms with E-state index in [-0.39, 0.29) is 37.0 Å². The molecule has 1 aliphatic heterocycles. The van der Waals surface area contributed by atoms with Gasteiger partial charge in [-0.05, 0) is 24.3 Å². The molecular weight excluding hydrogens is 333 g/mol. The van der Waals surface area contributed by atoms with E-state index in [1.165, 1.54) is 28.7 Å². The van der Waals surface area contributed by atoms with E-state index in [0.29, 0.717) is 5.69 Å². The lowest BCUT2D eigenvalue weighted by molar-refractivity contribution is 0.0692. The van der Waals surface area contributed by atoms with Gasteiger partial charge in [0.1, 0.15) is 16.4 Å². The molecule has 0 unspecified atom stereocenters. The summed E-state index contributed by atoms with van der Waals surface area (Å²) in [4.78, 5) is 17.5. The fourth-order valence-corrected chi connectivity index (χ4v) is 4.06. The van der Waals surface area contributed by atoms with Crippen molar-refractivity contribution in [3.63, 3.8) is 0 Å². The largest absolute Gasteiger partial charge is 0.335 e. The second-order valence-electron chi connectivity index (χ2n) is 5.34. The Morgan fingerprint density at radius 2 is 1.67 bits per heavy atom. The summed E-state index contributed by atoms with van der Waals surface area (Å²) < 4.78 is 40.0. The van der Waals surface area contributed by atoms with Crippen molar-refractivity contribution >= 4 is 15.9 Å². The van der Waals surface area contributed by atoms with Gasteiger partial charge in [-0.25, -0.2) is 12.8 Å². The molecule has 126 valence electrons. The van der Waals surface area contributed by atoms with Crippen molar-refractivity contribution in [2.24, 2.45) is 0 Å². The summed E-state index contributed by atoms with van der Waals surface area (Å²) in [7, 11) is -3.90. The molecule has 2 aromatic rings. The SMILES string of the molecule is O=C(c1ccccn1)N1CCN(S(=O)(=O)c2ccccc2F)CC1. The van der Waals surface area contributed by atoms with Crippen molar-refractivity contribution in [1.29, 1.82) is 0 Å². The molecule has 0 N–H and O–H groups in total. The highest BCUT2D eigenvalue weighted by molar-refractivity contribution is 7.89. The molecule has 1 aromatic carbocycles. The number of hydrogen-bond acceptors (Lipinski definition) is 4. The van der Waals surface area contributed by atoms with Crippen LogP contribution in [0.4, 0.5) is 4.39 Å². The molecule has 1 aromatic heterocycles. The van der Waals surface area contributed by atoms with Crippen LogP contribution in [-0.4, -0.2) is 54.7 Å². The number of amides is 1. The minimum absolute atomic E-state index is 0.120. The van der Waals surface area contributed by atoms with Crippen LogP contribution in [0, 0.1) is 5.82 Å². The number of carbonyl (C=O) groups excluding carboxylic acids is 1. The topological polar surface area (TPSA) is 70.6 Å². The average molecular weight is 349 g/mol. The summed E-state index contributed by atoms with van der Waals surface area (Å²) in [5.41, 5.74) is 0.322. The summed E-state index contributed by atoms with van der Waals surface area (Å²) >= 11 is 0. The predicted molar refractivity (Wildman–Crippen MR) is 85.3 cm³/mol. The van der Waals surface area contributed by atoms with Crippen LogP contribution >= 0.6 is 0 Å². The van der Waals surface area contributed by atoms with E-state index < -0.39 is 15.8 Å². The Kier molecular flexibility index (Phi) is 4.59. The molecule has 0 spiro atoms. The first-order valence-electron chi connectivity index (χ1n) is 7.45. The number of benzene rings is 1. The maximum Gasteiger partial charge on any atom is 0.272 e. The third kappa shape index (κ3) is 3.15. The zero-order chi connectivity index (χ0) is 17.2. The molecule has 0 aliphatic carbocycles. The number of aromatic nitrogens is 1. The minimum atomic E-state index is -3.90. The molecule has 24 heavy (non-hydrogen) atoms. The molecule has 0 saturated carbocycles. The van der Waals surface area contributed by atoms with Crippen molar-refractivity contribution in [3.8, 4) is 0 Å². The van der Waals surface area contributed by atoms with E-state index in [2.05, 4.69) is 4.98 Å². The van der Waals surface area contributed by atoms with Crippen LogP contribution in [0.25, 0.3) is 0 Å². The Labute approximate surface area is 139 Å². The van der Waals surface area contributed by atoms with E-state index in [1.54, 1.807) is 23.1 Å². The van der Waals surface area contributed by atoms with E-state index in [4.69, 9.17) is 0 Å². The summed E-state index contributed by atoms with van der Waals surface area (Å²) in [6.07, 6.45) is 1.53. The highest BCUT2D eigenvalue weighted by Crippen LogP contribution is 2.20. The van der Waals surface area contributed by atoms with Gasteiger partial charge in [0.25, 0.3) is 5.91 Å². The van der Waals surface area contributed by atoms with Crippen LogP contribution in [0.5, 0.6) is 0 Å². The molecule has 6 nitrogen and oxygen atoms in total.